The molecular formula is C17H14N4O2. The highest BCUT2D eigenvalue weighted by atomic mass is 16.3. The van der Waals surface area contributed by atoms with Gasteiger partial charge in [-0.1, -0.05) is 0 Å². The number of nitriles is 1. The predicted octanol–water partition coefficient (Wildman–Crippen LogP) is 3.21. The minimum Gasteiger partial charge on any atom is -0.466 e. The van der Waals surface area contributed by atoms with Crippen molar-refractivity contribution in [3.63, 3.8) is 0 Å². The number of aromatic nitrogens is 2. The number of hydrogen-bond acceptors (Lipinski definition) is 4. The van der Waals surface area contributed by atoms with E-state index < -0.39 is 0 Å². The summed E-state index contributed by atoms with van der Waals surface area (Å²) in [7, 11) is 0. The van der Waals surface area contributed by atoms with E-state index in [9.17, 15) is 4.79 Å². The van der Waals surface area contributed by atoms with Crippen molar-refractivity contribution in [3.8, 4) is 11.8 Å². The van der Waals surface area contributed by atoms with Gasteiger partial charge in [0.1, 0.15) is 11.5 Å². The van der Waals surface area contributed by atoms with Crippen LogP contribution in [0.1, 0.15) is 27.4 Å². The van der Waals surface area contributed by atoms with E-state index in [0.717, 1.165) is 5.69 Å². The lowest BCUT2D eigenvalue weighted by Crippen LogP contribution is -2.12. The molecule has 114 valence electrons. The average molecular weight is 306 g/mol. The van der Waals surface area contributed by atoms with Gasteiger partial charge in [0.2, 0.25) is 0 Å². The number of carbonyl (C=O) groups excluding carboxylic acids is 1. The number of aryl methyl sites for hydroxylation is 2. The van der Waals surface area contributed by atoms with Crippen LogP contribution in [0.5, 0.6) is 0 Å². The molecule has 1 aromatic carbocycles. The number of benzene rings is 1. The highest BCUT2D eigenvalue weighted by Crippen LogP contribution is 2.16. The predicted molar refractivity (Wildman–Crippen MR) is 84.4 cm³/mol. The summed E-state index contributed by atoms with van der Waals surface area (Å²) >= 11 is 0. The third kappa shape index (κ3) is 2.99. The van der Waals surface area contributed by atoms with E-state index in [-0.39, 0.29) is 5.91 Å². The summed E-state index contributed by atoms with van der Waals surface area (Å²) < 4.78 is 6.99. The first-order chi connectivity index (χ1) is 11.1. The van der Waals surface area contributed by atoms with E-state index in [1.54, 1.807) is 61.1 Å². The Balaban J connectivity index is 1.78. The fourth-order valence-electron chi connectivity index (χ4n) is 2.26. The smallest absolute Gasteiger partial charge is 0.260 e. The Morgan fingerprint density at radius 2 is 2.00 bits per heavy atom. The van der Waals surface area contributed by atoms with Gasteiger partial charge >= 0.3 is 0 Å². The Hall–Kier alpha value is -3.33. The van der Waals surface area contributed by atoms with Gasteiger partial charge in [0.25, 0.3) is 5.91 Å². The Labute approximate surface area is 133 Å². The van der Waals surface area contributed by atoms with Crippen LogP contribution >= 0.6 is 0 Å². The summed E-state index contributed by atoms with van der Waals surface area (Å²) in [5.74, 6) is 1.45. The number of nitrogens with zero attached hydrogens (tertiary/aromatic N) is 3. The topological polar surface area (TPSA) is 83.9 Å². The van der Waals surface area contributed by atoms with Gasteiger partial charge in [0.05, 0.1) is 22.9 Å². The molecule has 6 heteroatoms. The van der Waals surface area contributed by atoms with Crippen LogP contribution in [0.4, 0.5) is 5.82 Å². The van der Waals surface area contributed by atoms with E-state index >= 15 is 0 Å². The molecule has 0 aliphatic rings. The molecule has 3 rings (SSSR count). The Morgan fingerprint density at radius 3 is 2.61 bits per heavy atom. The van der Waals surface area contributed by atoms with Gasteiger partial charge in [-0.2, -0.15) is 10.4 Å². The Kier molecular flexibility index (Phi) is 3.69. The van der Waals surface area contributed by atoms with E-state index in [4.69, 9.17) is 9.68 Å². The largest absolute Gasteiger partial charge is 0.466 e. The number of furan rings is 1. The molecule has 6 nitrogen and oxygen atoms in total. The van der Waals surface area contributed by atoms with Crippen LogP contribution in [0, 0.1) is 25.2 Å². The number of anilines is 1. The Morgan fingerprint density at radius 1 is 1.26 bits per heavy atom. The number of nitrogens with one attached hydrogen (secondary N) is 1. The second kappa shape index (κ2) is 5.81. The van der Waals surface area contributed by atoms with Gasteiger partial charge < -0.3 is 9.73 Å². The van der Waals surface area contributed by atoms with Gasteiger partial charge in [0, 0.05) is 12.3 Å². The van der Waals surface area contributed by atoms with Crippen LogP contribution in [0.15, 0.2) is 47.0 Å². The molecule has 2 heterocycles. The van der Waals surface area contributed by atoms with E-state index in [1.165, 1.54) is 0 Å². The molecule has 1 N–H and O–H groups in total. The van der Waals surface area contributed by atoms with E-state index in [1.807, 2.05) is 0 Å². The molecule has 0 unspecified atom stereocenters. The first kappa shape index (κ1) is 14.6. The van der Waals surface area contributed by atoms with Gasteiger partial charge in [-0.05, 0) is 44.2 Å². The molecule has 2 aromatic heterocycles. The van der Waals surface area contributed by atoms with Crippen molar-refractivity contribution in [3.05, 3.63) is 65.2 Å². The summed E-state index contributed by atoms with van der Waals surface area (Å²) in [5.41, 5.74) is 1.88. The monoisotopic (exact) mass is 306 g/mol. The summed E-state index contributed by atoms with van der Waals surface area (Å²) in [5, 5.41) is 15.9. The summed E-state index contributed by atoms with van der Waals surface area (Å²) in [4.78, 5) is 12.2. The molecule has 0 aliphatic heterocycles. The first-order valence-corrected chi connectivity index (χ1v) is 7.01. The van der Waals surface area contributed by atoms with Gasteiger partial charge in [0.15, 0.2) is 5.82 Å². The second-order valence-electron chi connectivity index (χ2n) is 5.09. The van der Waals surface area contributed by atoms with Gasteiger partial charge in [-0.3, -0.25) is 4.79 Å². The van der Waals surface area contributed by atoms with Crippen LogP contribution in [0.2, 0.25) is 0 Å². The van der Waals surface area contributed by atoms with Gasteiger partial charge in [-0.25, -0.2) is 4.68 Å². The van der Waals surface area contributed by atoms with Crippen LogP contribution in [0.3, 0.4) is 0 Å². The number of amides is 1. The van der Waals surface area contributed by atoms with E-state index in [2.05, 4.69) is 16.5 Å². The molecule has 0 aliphatic carbocycles. The highest BCUT2D eigenvalue weighted by Gasteiger charge is 2.14. The fraction of sp³-hybridized carbons (Fsp3) is 0.118. The lowest BCUT2D eigenvalue weighted by atomic mass is 10.2. The molecule has 0 fully saturated rings. The van der Waals surface area contributed by atoms with E-state index in [0.29, 0.717) is 28.5 Å². The highest BCUT2D eigenvalue weighted by molar-refractivity contribution is 6.04. The lowest BCUT2D eigenvalue weighted by Gasteiger charge is -2.02. The number of rotatable bonds is 3. The lowest BCUT2D eigenvalue weighted by molar-refractivity contribution is 0.102. The molecule has 0 bridgehead atoms. The van der Waals surface area contributed by atoms with Crippen molar-refractivity contribution >= 4 is 11.7 Å². The van der Waals surface area contributed by atoms with Crippen molar-refractivity contribution in [2.45, 2.75) is 13.8 Å². The summed E-state index contributed by atoms with van der Waals surface area (Å²) in [6, 6.07) is 12.5. The van der Waals surface area contributed by atoms with Crippen molar-refractivity contribution in [1.82, 2.24) is 9.78 Å². The molecule has 0 saturated carbocycles. The minimum atomic E-state index is -0.260. The quantitative estimate of drug-likeness (QED) is 0.805. The van der Waals surface area contributed by atoms with Crippen LogP contribution in [-0.4, -0.2) is 15.7 Å². The summed E-state index contributed by atoms with van der Waals surface area (Å²) in [6.07, 6.45) is 1.74. The van der Waals surface area contributed by atoms with Crippen LogP contribution in [-0.2, 0) is 0 Å². The fourth-order valence-corrected chi connectivity index (χ4v) is 2.26. The first-order valence-electron chi connectivity index (χ1n) is 7.01. The zero-order valence-corrected chi connectivity index (χ0v) is 12.7. The molecule has 3 aromatic rings. The molecule has 1 amide bonds. The summed E-state index contributed by atoms with van der Waals surface area (Å²) in [6.45, 7) is 3.54. The van der Waals surface area contributed by atoms with Gasteiger partial charge in [-0.15, -0.1) is 0 Å². The maximum absolute atomic E-state index is 12.2. The van der Waals surface area contributed by atoms with Crippen molar-refractivity contribution in [2.75, 3.05) is 5.32 Å². The maximum Gasteiger partial charge on any atom is 0.260 e. The number of hydrogen-bond donors (Lipinski definition) is 1. The third-order valence-corrected chi connectivity index (χ3v) is 3.38. The zero-order valence-electron chi connectivity index (χ0n) is 12.7. The molecule has 0 atom stereocenters. The molecule has 0 radical (unpaired) electrons. The van der Waals surface area contributed by atoms with Crippen molar-refractivity contribution in [1.29, 1.82) is 5.26 Å². The third-order valence-electron chi connectivity index (χ3n) is 3.38. The molecule has 23 heavy (non-hydrogen) atoms. The standard InChI is InChI=1S/C17H14N4O2/c1-11-9-15(12(2)23-11)17(22)19-16-7-8-21(20-16)14-5-3-13(10-18)4-6-14/h3-9H,1-2H3,(H,19,20,22). The minimum absolute atomic E-state index is 0.260. The molecular weight excluding hydrogens is 292 g/mol. The normalized spacial score (nSPS) is 10.3. The van der Waals surface area contributed by atoms with Crippen LogP contribution < -0.4 is 5.32 Å². The second-order valence-corrected chi connectivity index (χ2v) is 5.09. The SMILES string of the molecule is Cc1cc(C(=O)Nc2ccn(-c3ccc(C#N)cc3)n2)c(C)o1. The van der Waals surface area contributed by atoms with Crippen molar-refractivity contribution < 1.29 is 9.21 Å². The number of carbonyl (C=O) groups is 1. The zero-order chi connectivity index (χ0) is 16.4. The molecule has 0 saturated heterocycles. The maximum atomic E-state index is 12.2. The Bertz CT molecular complexity index is 898. The molecule has 0 spiro atoms. The van der Waals surface area contributed by atoms with Crippen LogP contribution in [0.25, 0.3) is 5.69 Å². The van der Waals surface area contributed by atoms with Crippen molar-refractivity contribution in [2.24, 2.45) is 0 Å². The average Bonchev–Trinajstić information content (AvgIpc) is 3.13.